The van der Waals surface area contributed by atoms with Gasteiger partial charge in [0, 0.05) is 24.5 Å². The molecular weight excluding hydrogens is 322 g/mol. The molecule has 0 atom stereocenters. The molecule has 1 aromatic heterocycles. The van der Waals surface area contributed by atoms with E-state index >= 15 is 0 Å². The van der Waals surface area contributed by atoms with Crippen LogP contribution in [0.2, 0.25) is 0 Å². The Bertz CT molecular complexity index is 960. The normalized spacial score (nSPS) is 14.2. The summed E-state index contributed by atoms with van der Waals surface area (Å²) in [6.07, 6.45) is 1.57. The van der Waals surface area contributed by atoms with Crippen LogP contribution in [0.5, 0.6) is 23.0 Å². The van der Waals surface area contributed by atoms with Gasteiger partial charge in [0.15, 0.2) is 23.0 Å². The molecule has 0 bridgehead atoms. The zero-order valence-corrected chi connectivity index (χ0v) is 13.3. The van der Waals surface area contributed by atoms with E-state index in [9.17, 15) is 0 Å². The van der Waals surface area contributed by atoms with E-state index in [-0.39, 0.29) is 13.6 Å². The molecule has 0 radical (unpaired) electrons. The molecule has 2 aliphatic rings. The lowest BCUT2D eigenvalue weighted by Gasteiger charge is -2.08. The minimum Gasteiger partial charge on any atom is -0.454 e. The quantitative estimate of drug-likeness (QED) is 0.783. The fourth-order valence-corrected chi connectivity index (χ4v) is 3.02. The second-order valence-electron chi connectivity index (χ2n) is 5.83. The molecule has 0 amide bonds. The van der Waals surface area contributed by atoms with Gasteiger partial charge in [-0.15, -0.1) is 0 Å². The summed E-state index contributed by atoms with van der Waals surface area (Å²) in [5.41, 5.74) is 2.89. The molecule has 0 spiro atoms. The van der Waals surface area contributed by atoms with Gasteiger partial charge >= 0.3 is 0 Å². The summed E-state index contributed by atoms with van der Waals surface area (Å²) in [6.45, 7) is 1.85. The molecule has 0 unspecified atom stereocenters. The standard InChI is InChI=1S/C18H15N3O4/c1-2-15-16(23-9-22-15)3-11(1)6-19-7-14-12-4-17-18(25-10-24-17)5-13(12)20-8-21-14/h1-5,8,19H,6-7,9-10H2. The highest BCUT2D eigenvalue weighted by molar-refractivity contribution is 5.84. The van der Waals surface area contributed by atoms with Gasteiger partial charge in [-0.05, 0) is 23.8 Å². The SMILES string of the molecule is c1nc(CNCc2ccc3c(c2)OCO3)c2cc3c(cc2n1)OCO3. The lowest BCUT2D eigenvalue weighted by molar-refractivity contribution is 0.173. The van der Waals surface area contributed by atoms with E-state index in [2.05, 4.69) is 15.3 Å². The molecule has 0 saturated heterocycles. The minimum atomic E-state index is 0.247. The van der Waals surface area contributed by atoms with Crippen LogP contribution in [-0.4, -0.2) is 23.6 Å². The monoisotopic (exact) mass is 337 g/mol. The Morgan fingerprint density at radius 2 is 1.56 bits per heavy atom. The fraction of sp³-hybridized carbons (Fsp3) is 0.222. The van der Waals surface area contributed by atoms with Crippen LogP contribution in [0, 0.1) is 0 Å². The van der Waals surface area contributed by atoms with Crippen molar-refractivity contribution < 1.29 is 18.9 Å². The van der Waals surface area contributed by atoms with E-state index in [1.807, 2.05) is 30.3 Å². The summed E-state index contributed by atoms with van der Waals surface area (Å²) in [5.74, 6) is 3.05. The highest BCUT2D eigenvalue weighted by atomic mass is 16.7. The van der Waals surface area contributed by atoms with Crippen molar-refractivity contribution in [1.29, 1.82) is 0 Å². The first-order chi connectivity index (χ1) is 12.4. The number of benzene rings is 2. The van der Waals surface area contributed by atoms with Gasteiger partial charge in [0.2, 0.25) is 13.6 Å². The number of rotatable bonds is 4. The number of ether oxygens (including phenoxy) is 4. The Balaban J connectivity index is 1.34. The topological polar surface area (TPSA) is 74.7 Å². The lowest BCUT2D eigenvalue weighted by atomic mass is 10.1. The van der Waals surface area contributed by atoms with Gasteiger partial charge in [-0.2, -0.15) is 0 Å². The third-order valence-electron chi connectivity index (χ3n) is 4.27. The van der Waals surface area contributed by atoms with E-state index in [0.717, 1.165) is 45.2 Å². The van der Waals surface area contributed by atoms with Gasteiger partial charge in [-0.3, -0.25) is 0 Å². The molecule has 126 valence electrons. The van der Waals surface area contributed by atoms with Crippen LogP contribution in [-0.2, 0) is 13.1 Å². The zero-order valence-electron chi connectivity index (χ0n) is 13.3. The lowest BCUT2D eigenvalue weighted by Crippen LogP contribution is -2.14. The van der Waals surface area contributed by atoms with Crippen LogP contribution in [0.1, 0.15) is 11.3 Å². The molecule has 5 rings (SSSR count). The largest absolute Gasteiger partial charge is 0.454 e. The molecule has 25 heavy (non-hydrogen) atoms. The van der Waals surface area contributed by atoms with Crippen LogP contribution >= 0.6 is 0 Å². The Morgan fingerprint density at radius 1 is 0.800 bits per heavy atom. The summed E-state index contributed by atoms with van der Waals surface area (Å²) in [7, 11) is 0. The third kappa shape index (κ3) is 2.58. The van der Waals surface area contributed by atoms with Crippen molar-refractivity contribution >= 4 is 10.9 Å². The summed E-state index contributed by atoms with van der Waals surface area (Å²) in [5, 5.41) is 4.37. The average molecular weight is 337 g/mol. The van der Waals surface area contributed by atoms with Crippen molar-refractivity contribution in [3.8, 4) is 23.0 Å². The Hall–Kier alpha value is -3.06. The predicted octanol–water partition coefficient (Wildman–Crippen LogP) is 2.38. The first-order valence-electron chi connectivity index (χ1n) is 7.99. The van der Waals surface area contributed by atoms with Crippen LogP contribution in [0.15, 0.2) is 36.7 Å². The minimum absolute atomic E-state index is 0.247. The fourth-order valence-electron chi connectivity index (χ4n) is 3.02. The molecular formula is C18H15N3O4. The first kappa shape index (κ1) is 14.3. The molecule has 1 N–H and O–H groups in total. The number of nitrogens with one attached hydrogen (secondary N) is 1. The number of aromatic nitrogens is 2. The summed E-state index contributed by atoms with van der Waals surface area (Å²) >= 11 is 0. The second-order valence-corrected chi connectivity index (χ2v) is 5.83. The Morgan fingerprint density at radius 3 is 2.44 bits per heavy atom. The highest BCUT2D eigenvalue weighted by Gasteiger charge is 2.17. The number of hydrogen-bond donors (Lipinski definition) is 1. The van der Waals surface area contributed by atoms with Crippen molar-refractivity contribution in [3.63, 3.8) is 0 Å². The van der Waals surface area contributed by atoms with Gasteiger partial charge in [0.05, 0.1) is 11.2 Å². The van der Waals surface area contributed by atoms with Crippen LogP contribution in [0.25, 0.3) is 10.9 Å². The van der Waals surface area contributed by atoms with Gasteiger partial charge in [-0.1, -0.05) is 6.07 Å². The molecule has 0 fully saturated rings. The van der Waals surface area contributed by atoms with Gasteiger partial charge in [0.1, 0.15) is 6.33 Å². The predicted molar refractivity (Wildman–Crippen MR) is 88.8 cm³/mol. The molecule has 2 aliphatic heterocycles. The molecule has 7 heteroatoms. The summed E-state index contributed by atoms with van der Waals surface area (Å²) in [6, 6.07) is 9.78. The van der Waals surface area contributed by atoms with Crippen molar-refractivity contribution in [3.05, 3.63) is 47.9 Å². The molecule has 0 saturated carbocycles. The highest BCUT2D eigenvalue weighted by Crippen LogP contribution is 2.36. The van der Waals surface area contributed by atoms with Gasteiger partial charge < -0.3 is 24.3 Å². The van der Waals surface area contributed by atoms with Crippen molar-refractivity contribution in [2.24, 2.45) is 0 Å². The summed E-state index contributed by atoms with van der Waals surface area (Å²) < 4.78 is 21.6. The van der Waals surface area contributed by atoms with Gasteiger partial charge in [0.25, 0.3) is 0 Å². The first-order valence-corrected chi connectivity index (χ1v) is 7.99. The molecule has 3 heterocycles. The second kappa shape index (κ2) is 5.78. The van der Waals surface area contributed by atoms with Crippen molar-refractivity contribution in [2.75, 3.05) is 13.6 Å². The van der Waals surface area contributed by atoms with E-state index in [0.29, 0.717) is 13.1 Å². The molecule has 7 nitrogen and oxygen atoms in total. The molecule has 0 aliphatic carbocycles. The molecule has 2 aromatic carbocycles. The van der Waals surface area contributed by atoms with Crippen LogP contribution < -0.4 is 24.3 Å². The number of hydrogen-bond acceptors (Lipinski definition) is 7. The maximum atomic E-state index is 5.45. The number of fused-ring (bicyclic) bond motifs is 3. The maximum absolute atomic E-state index is 5.45. The number of nitrogens with zero attached hydrogens (tertiary/aromatic N) is 2. The van der Waals surface area contributed by atoms with Crippen molar-refractivity contribution in [2.45, 2.75) is 13.1 Å². The van der Waals surface area contributed by atoms with E-state index < -0.39 is 0 Å². The van der Waals surface area contributed by atoms with E-state index in [1.165, 1.54) is 0 Å². The zero-order chi connectivity index (χ0) is 16.6. The Labute approximate surface area is 143 Å². The van der Waals surface area contributed by atoms with Crippen LogP contribution in [0.4, 0.5) is 0 Å². The maximum Gasteiger partial charge on any atom is 0.231 e. The third-order valence-corrected chi connectivity index (χ3v) is 4.27. The van der Waals surface area contributed by atoms with E-state index in [1.54, 1.807) is 6.33 Å². The smallest absolute Gasteiger partial charge is 0.231 e. The van der Waals surface area contributed by atoms with Gasteiger partial charge in [-0.25, -0.2) is 9.97 Å². The molecule has 3 aromatic rings. The summed E-state index contributed by atoms with van der Waals surface area (Å²) in [4.78, 5) is 8.73. The van der Waals surface area contributed by atoms with E-state index in [4.69, 9.17) is 18.9 Å². The average Bonchev–Trinajstić information content (AvgIpc) is 3.28. The van der Waals surface area contributed by atoms with Crippen molar-refractivity contribution in [1.82, 2.24) is 15.3 Å². The van der Waals surface area contributed by atoms with Crippen LogP contribution in [0.3, 0.4) is 0 Å². The Kier molecular flexibility index (Phi) is 3.31.